The summed E-state index contributed by atoms with van der Waals surface area (Å²) in [5.41, 5.74) is 7.78. The highest BCUT2D eigenvalue weighted by Crippen LogP contribution is 2.34. The van der Waals surface area contributed by atoms with Crippen LogP contribution in [0.3, 0.4) is 0 Å². The lowest BCUT2D eigenvalue weighted by Crippen LogP contribution is -2.15. The smallest absolute Gasteiger partial charge is 0.257 e. The van der Waals surface area contributed by atoms with E-state index < -0.39 is 0 Å². The maximum atomic E-state index is 12.2. The second kappa shape index (κ2) is 5.92. The molecule has 2 aromatic carbocycles. The third kappa shape index (κ3) is 3.18. The van der Waals surface area contributed by atoms with Gasteiger partial charge in [-0.3, -0.25) is 4.79 Å². The van der Waals surface area contributed by atoms with Gasteiger partial charge in [-0.25, -0.2) is 0 Å². The van der Waals surface area contributed by atoms with Gasteiger partial charge in [-0.2, -0.15) is 0 Å². The number of benzene rings is 2. The van der Waals surface area contributed by atoms with Crippen LogP contribution in [0.2, 0.25) is 15.1 Å². The van der Waals surface area contributed by atoms with Crippen molar-refractivity contribution in [2.75, 3.05) is 11.1 Å². The maximum absolute atomic E-state index is 12.2. The number of hydrogen-bond acceptors (Lipinski definition) is 2. The fourth-order valence-corrected chi connectivity index (χ4v) is 2.62. The number of nitrogen functional groups attached to an aromatic ring is 1. The van der Waals surface area contributed by atoms with Crippen molar-refractivity contribution in [3.63, 3.8) is 0 Å². The third-order valence-corrected chi connectivity index (χ3v) is 3.51. The second-order valence-corrected chi connectivity index (χ2v) is 5.54. The van der Waals surface area contributed by atoms with Crippen molar-refractivity contribution in [2.24, 2.45) is 0 Å². The minimum atomic E-state index is -0.377. The van der Waals surface area contributed by atoms with Crippen LogP contribution in [0, 0.1) is 6.92 Å². The molecule has 0 aliphatic carbocycles. The SMILES string of the molecule is Cc1ccc(N)c(C(=O)Nc2c(Cl)cc(Cl)cc2Cl)c1. The van der Waals surface area contributed by atoms with Gasteiger partial charge < -0.3 is 11.1 Å². The minimum Gasteiger partial charge on any atom is -0.398 e. The number of hydrogen-bond donors (Lipinski definition) is 2. The maximum Gasteiger partial charge on any atom is 0.257 e. The molecule has 0 aliphatic rings. The zero-order chi connectivity index (χ0) is 14.9. The molecule has 0 bridgehead atoms. The van der Waals surface area contributed by atoms with E-state index in [4.69, 9.17) is 40.5 Å². The fourth-order valence-electron chi connectivity index (χ4n) is 1.71. The van der Waals surface area contributed by atoms with Crippen molar-refractivity contribution in [3.8, 4) is 0 Å². The first-order chi connectivity index (χ1) is 9.38. The van der Waals surface area contributed by atoms with Gasteiger partial charge in [-0.1, -0.05) is 46.4 Å². The average Bonchev–Trinajstić information content (AvgIpc) is 2.36. The molecule has 2 aromatic rings. The molecular weight excluding hydrogens is 319 g/mol. The van der Waals surface area contributed by atoms with Crippen LogP contribution >= 0.6 is 34.8 Å². The monoisotopic (exact) mass is 328 g/mol. The summed E-state index contributed by atoms with van der Waals surface area (Å²) in [7, 11) is 0. The Balaban J connectivity index is 2.35. The van der Waals surface area contributed by atoms with Crippen molar-refractivity contribution < 1.29 is 4.79 Å². The molecule has 20 heavy (non-hydrogen) atoms. The predicted molar refractivity (Wildman–Crippen MR) is 85.0 cm³/mol. The van der Waals surface area contributed by atoms with E-state index in [2.05, 4.69) is 5.32 Å². The number of carbonyl (C=O) groups excluding carboxylic acids is 1. The Bertz CT molecular complexity index is 663. The molecule has 0 unspecified atom stereocenters. The van der Waals surface area contributed by atoms with E-state index in [1.54, 1.807) is 12.1 Å². The largest absolute Gasteiger partial charge is 0.398 e. The molecule has 0 aromatic heterocycles. The summed E-state index contributed by atoms with van der Waals surface area (Å²) in [5, 5.41) is 3.58. The van der Waals surface area contributed by atoms with Crippen molar-refractivity contribution in [3.05, 3.63) is 56.5 Å². The molecule has 3 nitrogen and oxygen atoms in total. The molecule has 6 heteroatoms. The highest BCUT2D eigenvalue weighted by Gasteiger charge is 2.15. The minimum absolute atomic E-state index is 0.266. The topological polar surface area (TPSA) is 55.1 Å². The summed E-state index contributed by atoms with van der Waals surface area (Å²) < 4.78 is 0. The Hall–Kier alpha value is -1.42. The van der Waals surface area contributed by atoms with E-state index >= 15 is 0 Å². The summed E-state index contributed by atoms with van der Waals surface area (Å²) in [6.45, 7) is 1.87. The molecule has 0 heterocycles. The number of nitrogens with two attached hydrogens (primary N) is 1. The van der Waals surface area contributed by atoms with Gasteiger partial charge in [0, 0.05) is 10.7 Å². The number of anilines is 2. The van der Waals surface area contributed by atoms with Crippen molar-refractivity contribution >= 4 is 52.1 Å². The molecule has 0 radical (unpaired) electrons. The highest BCUT2D eigenvalue weighted by atomic mass is 35.5. The molecule has 104 valence electrons. The van der Waals surface area contributed by atoms with Crippen LogP contribution in [0.25, 0.3) is 0 Å². The van der Waals surface area contributed by atoms with Crippen LogP contribution in [0.5, 0.6) is 0 Å². The van der Waals surface area contributed by atoms with Crippen LogP contribution in [0.4, 0.5) is 11.4 Å². The van der Waals surface area contributed by atoms with Crippen molar-refractivity contribution in [1.29, 1.82) is 0 Å². The molecular formula is C14H11Cl3N2O. The summed E-state index contributed by atoms with van der Waals surface area (Å²) in [6.07, 6.45) is 0. The molecule has 0 fully saturated rings. The lowest BCUT2D eigenvalue weighted by Gasteiger charge is -2.11. The Labute approximate surface area is 131 Å². The fraction of sp³-hybridized carbons (Fsp3) is 0.0714. The van der Waals surface area contributed by atoms with E-state index in [1.165, 1.54) is 12.1 Å². The van der Waals surface area contributed by atoms with E-state index in [1.807, 2.05) is 13.0 Å². The third-order valence-electron chi connectivity index (χ3n) is 2.70. The number of amides is 1. The van der Waals surface area contributed by atoms with Crippen LogP contribution < -0.4 is 11.1 Å². The molecule has 0 atom stereocenters. The number of halogens is 3. The summed E-state index contributed by atoms with van der Waals surface area (Å²) in [4.78, 5) is 12.2. The summed E-state index contributed by atoms with van der Waals surface area (Å²) in [6, 6.07) is 8.21. The van der Waals surface area contributed by atoms with Gasteiger partial charge in [-0.05, 0) is 31.2 Å². The number of carbonyl (C=O) groups is 1. The van der Waals surface area contributed by atoms with Crippen molar-refractivity contribution in [2.45, 2.75) is 6.92 Å². The van der Waals surface area contributed by atoms with E-state index in [-0.39, 0.29) is 16.0 Å². The molecule has 0 aliphatic heterocycles. The first-order valence-corrected chi connectivity index (χ1v) is 6.84. The first kappa shape index (κ1) is 15.0. The molecule has 0 spiro atoms. The van der Waals surface area contributed by atoms with Gasteiger partial charge in [0.25, 0.3) is 5.91 Å². The number of nitrogens with one attached hydrogen (secondary N) is 1. The standard InChI is InChI=1S/C14H11Cl3N2O/c1-7-2-3-12(18)9(4-7)14(20)19-13-10(16)5-8(15)6-11(13)17/h2-6H,18H2,1H3,(H,19,20). The molecule has 1 amide bonds. The molecule has 3 N–H and O–H groups in total. The van der Waals surface area contributed by atoms with Crippen LogP contribution in [-0.2, 0) is 0 Å². The van der Waals surface area contributed by atoms with Crippen LogP contribution in [0.15, 0.2) is 30.3 Å². The Morgan fingerprint density at radius 3 is 2.30 bits per heavy atom. The van der Waals surface area contributed by atoms with E-state index in [0.717, 1.165) is 5.56 Å². The van der Waals surface area contributed by atoms with E-state index in [9.17, 15) is 4.79 Å². The van der Waals surface area contributed by atoms with Gasteiger partial charge in [0.05, 0.1) is 21.3 Å². The number of aryl methyl sites for hydroxylation is 1. The lowest BCUT2D eigenvalue weighted by atomic mass is 10.1. The van der Waals surface area contributed by atoms with Gasteiger partial charge in [0.15, 0.2) is 0 Å². The van der Waals surface area contributed by atoms with Gasteiger partial charge in [-0.15, -0.1) is 0 Å². The van der Waals surface area contributed by atoms with Gasteiger partial charge >= 0.3 is 0 Å². The lowest BCUT2D eigenvalue weighted by molar-refractivity contribution is 0.102. The van der Waals surface area contributed by atoms with E-state index in [0.29, 0.717) is 22.0 Å². The second-order valence-electron chi connectivity index (χ2n) is 4.29. The Morgan fingerprint density at radius 1 is 1.10 bits per heavy atom. The molecule has 0 saturated heterocycles. The highest BCUT2D eigenvalue weighted by molar-refractivity contribution is 6.42. The predicted octanol–water partition coefficient (Wildman–Crippen LogP) is 4.79. The van der Waals surface area contributed by atoms with Gasteiger partial charge in [0.2, 0.25) is 0 Å². The Morgan fingerprint density at radius 2 is 1.70 bits per heavy atom. The average molecular weight is 330 g/mol. The van der Waals surface area contributed by atoms with Crippen LogP contribution in [0.1, 0.15) is 15.9 Å². The number of rotatable bonds is 2. The van der Waals surface area contributed by atoms with Crippen molar-refractivity contribution in [1.82, 2.24) is 0 Å². The quantitative estimate of drug-likeness (QED) is 0.778. The Kier molecular flexibility index (Phi) is 4.43. The zero-order valence-electron chi connectivity index (χ0n) is 10.5. The van der Waals surface area contributed by atoms with Gasteiger partial charge in [0.1, 0.15) is 0 Å². The molecule has 2 rings (SSSR count). The summed E-state index contributed by atoms with van der Waals surface area (Å²) >= 11 is 17.9. The normalized spacial score (nSPS) is 10.4. The molecule has 0 saturated carbocycles. The zero-order valence-corrected chi connectivity index (χ0v) is 12.8. The van der Waals surface area contributed by atoms with Crippen LogP contribution in [-0.4, -0.2) is 5.91 Å². The summed E-state index contributed by atoms with van der Waals surface area (Å²) in [5.74, 6) is -0.377. The first-order valence-electron chi connectivity index (χ1n) is 5.70.